The number of pyridine rings is 1. The highest BCUT2D eigenvalue weighted by molar-refractivity contribution is 5.99. The van der Waals surface area contributed by atoms with Crippen LogP contribution in [-0.4, -0.2) is 28.0 Å². The number of carbonyl (C=O) groups is 2. The van der Waals surface area contributed by atoms with E-state index in [0.29, 0.717) is 5.56 Å². The van der Waals surface area contributed by atoms with Crippen LogP contribution in [0.1, 0.15) is 52.8 Å². The maximum absolute atomic E-state index is 12.6. The topological polar surface area (TPSA) is 105 Å². The Morgan fingerprint density at radius 3 is 2.40 bits per heavy atom. The molecule has 3 rings (SSSR count). The first-order valence-electron chi connectivity index (χ1n) is 8.44. The lowest BCUT2D eigenvalue weighted by Crippen LogP contribution is -2.36. The predicted octanol–water partition coefficient (Wildman–Crippen LogP) is 3.09. The highest BCUT2D eigenvalue weighted by Crippen LogP contribution is 2.23. The SMILES string of the molecule is Nc1ncc(-c2ccc(C(=O)O)cc2)cc1C(=O)NC1CCCCC1. The van der Waals surface area contributed by atoms with Gasteiger partial charge in [0.25, 0.3) is 5.91 Å². The number of carboxylic acid groups (broad SMARTS) is 1. The quantitative estimate of drug-likeness (QED) is 0.794. The van der Waals surface area contributed by atoms with Gasteiger partial charge in [0.1, 0.15) is 5.82 Å². The third-order valence-electron chi connectivity index (χ3n) is 4.57. The molecule has 1 aromatic carbocycles. The fraction of sp³-hybridized carbons (Fsp3) is 0.316. The van der Waals surface area contributed by atoms with Crippen LogP contribution in [0.15, 0.2) is 36.5 Å². The van der Waals surface area contributed by atoms with Gasteiger partial charge in [-0.05, 0) is 36.6 Å². The highest BCUT2D eigenvalue weighted by Gasteiger charge is 2.19. The Labute approximate surface area is 146 Å². The molecule has 25 heavy (non-hydrogen) atoms. The van der Waals surface area contributed by atoms with Crippen LogP contribution in [0.25, 0.3) is 11.1 Å². The van der Waals surface area contributed by atoms with Crippen LogP contribution in [-0.2, 0) is 0 Å². The van der Waals surface area contributed by atoms with E-state index in [1.165, 1.54) is 18.6 Å². The molecule has 1 aliphatic carbocycles. The number of benzene rings is 1. The summed E-state index contributed by atoms with van der Waals surface area (Å²) >= 11 is 0. The van der Waals surface area contributed by atoms with Gasteiger partial charge in [0.15, 0.2) is 0 Å². The third kappa shape index (κ3) is 3.96. The Hall–Kier alpha value is -2.89. The number of carbonyl (C=O) groups excluding carboxylic acids is 1. The Bertz CT molecular complexity index is 781. The van der Waals surface area contributed by atoms with Crippen molar-refractivity contribution < 1.29 is 14.7 Å². The number of rotatable bonds is 4. The van der Waals surface area contributed by atoms with Crippen LogP contribution < -0.4 is 11.1 Å². The highest BCUT2D eigenvalue weighted by atomic mass is 16.4. The molecule has 1 aromatic heterocycles. The minimum absolute atomic E-state index is 0.194. The number of nitrogen functional groups attached to an aromatic ring is 1. The average molecular weight is 339 g/mol. The van der Waals surface area contributed by atoms with Crippen LogP contribution >= 0.6 is 0 Å². The molecule has 1 heterocycles. The van der Waals surface area contributed by atoms with Gasteiger partial charge in [-0.15, -0.1) is 0 Å². The molecule has 0 spiro atoms. The first-order valence-corrected chi connectivity index (χ1v) is 8.44. The van der Waals surface area contributed by atoms with E-state index in [1.807, 2.05) is 0 Å². The first-order chi connectivity index (χ1) is 12.0. The van der Waals surface area contributed by atoms with E-state index in [-0.39, 0.29) is 23.3 Å². The summed E-state index contributed by atoms with van der Waals surface area (Å²) in [5, 5.41) is 12.0. The summed E-state index contributed by atoms with van der Waals surface area (Å²) in [4.78, 5) is 27.6. The maximum Gasteiger partial charge on any atom is 0.335 e. The Morgan fingerprint density at radius 2 is 1.76 bits per heavy atom. The van der Waals surface area contributed by atoms with Crippen LogP contribution in [0.2, 0.25) is 0 Å². The molecule has 2 aromatic rings. The van der Waals surface area contributed by atoms with Crippen LogP contribution in [0.4, 0.5) is 5.82 Å². The van der Waals surface area contributed by atoms with E-state index in [2.05, 4.69) is 10.3 Å². The molecule has 0 radical (unpaired) electrons. The van der Waals surface area contributed by atoms with Crippen molar-refractivity contribution in [1.29, 1.82) is 0 Å². The second-order valence-electron chi connectivity index (χ2n) is 6.35. The third-order valence-corrected chi connectivity index (χ3v) is 4.57. The van der Waals surface area contributed by atoms with Crippen molar-refractivity contribution in [3.8, 4) is 11.1 Å². The number of hydrogen-bond donors (Lipinski definition) is 3. The molecule has 0 aliphatic heterocycles. The van der Waals surface area contributed by atoms with Gasteiger partial charge in [0, 0.05) is 17.8 Å². The molecule has 0 saturated heterocycles. The summed E-state index contributed by atoms with van der Waals surface area (Å²) in [5.41, 5.74) is 7.95. The monoisotopic (exact) mass is 339 g/mol. The van der Waals surface area contributed by atoms with E-state index in [9.17, 15) is 9.59 Å². The van der Waals surface area contributed by atoms with Gasteiger partial charge in [0.05, 0.1) is 11.1 Å². The number of nitrogens with zero attached hydrogens (tertiary/aromatic N) is 1. The zero-order valence-electron chi connectivity index (χ0n) is 13.9. The van der Waals surface area contributed by atoms with Crippen molar-refractivity contribution in [3.05, 3.63) is 47.7 Å². The van der Waals surface area contributed by atoms with Crippen LogP contribution in [0.5, 0.6) is 0 Å². The number of anilines is 1. The van der Waals surface area contributed by atoms with E-state index in [1.54, 1.807) is 24.4 Å². The van der Waals surface area contributed by atoms with Gasteiger partial charge in [-0.1, -0.05) is 31.4 Å². The summed E-state index contributed by atoms with van der Waals surface area (Å²) in [5.74, 6) is -0.991. The van der Waals surface area contributed by atoms with Gasteiger partial charge >= 0.3 is 5.97 Å². The number of aromatic carboxylic acids is 1. The largest absolute Gasteiger partial charge is 0.478 e. The van der Waals surface area contributed by atoms with Crippen molar-refractivity contribution in [2.75, 3.05) is 5.73 Å². The fourth-order valence-corrected chi connectivity index (χ4v) is 3.13. The molecule has 0 atom stereocenters. The number of nitrogens with one attached hydrogen (secondary N) is 1. The second-order valence-corrected chi connectivity index (χ2v) is 6.35. The Balaban J connectivity index is 1.82. The van der Waals surface area contributed by atoms with Crippen molar-refractivity contribution in [3.63, 3.8) is 0 Å². The van der Waals surface area contributed by atoms with Crippen LogP contribution in [0.3, 0.4) is 0 Å². The molecule has 6 nitrogen and oxygen atoms in total. The summed E-state index contributed by atoms with van der Waals surface area (Å²) in [6.07, 6.45) is 7.06. The smallest absolute Gasteiger partial charge is 0.335 e. The summed E-state index contributed by atoms with van der Waals surface area (Å²) < 4.78 is 0. The summed E-state index contributed by atoms with van der Waals surface area (Å²) in [6.45, 7) is 0. The molecule has 1 saturated carbocycles. The van der Waals surface area contributed by atoms with E-state index < -0.39 is 5.97 Å². The van der Waals surface area contributed by atoms with Gasteiger partial charge < -0.3 is 16.2 Å². The summed E-state index contributed by atoms with van der Waals surface area (Å²) in [7, 11) is 0. The van der Waals surface area contributed by atoms with Gasteiger partial charge in [0.2, 0.25) is 0 Å². The molecule has 130 valence electrons. The van der Waals surface area contributed by atoms with Crippen molar-refractivity contribution >= 4 is 17.7 Å². The zero-order chi connectivity index (χ0) is 17.8. The maximum atomic E-state index is 12.6. The molecular formula is C19H21N3O3. The van der Waals surface area contributed by atoms with Crippen LogP contribution in [0, 0.1) is 0 Å². The van der Waals surface area contributed by atoms with Crippen molar-refractivity contribution in [2.45, 2.75) is 38.1 Å². The molecule has 1 aliphatic rings. The molecule has 1 amide bonds. The van der Waals surface area contributed by atoms with Crippen molar-refractivity contribution in [2.24, 2.45) is 0 Å². The first kappa shape index (κ1) is 17.0. The van der Waals surface area contributed by atoms with E-state index in [0.717, 1.165) is 36.8 Å². The second kappa shape index (κ2) is 7.34. The van der Waals surface area contributed by atoms with Gasteiger partial charge in [-0.25, -0.2) is 9.78 Å². The normalized spacial score (nSPS) is 14.9. The predicted molar refractivity (Wildman–Crippen MR) is 95.4 cm³/mol. The lowest BCUT2D eigenvalue weighted by atomic mass is 9.95. The molecule has 4 N–H and O–H groups in total. The zero-order valence-corrected chi connectivity index (χ0v) is 13.9. The minimum atomic E-state index is -0.977. The minimum Gasteiger partial charge on any atom is -0.478 e. The molecule has 6 heteroatoms. The van der Waals surface area contributed by atoms with Gasteiger partial charge in [-0.2, -0.15) is 0 Å². The number of hydrogen-bond acceptors (Lipinski definition) is 4. The molecule has 0 bridgehead atoms. The molecule has 0 unspecified atom stereocenters. The van der Waals surface area contributed by atoms with E-state index in [4.69, 9.17) is 10.8 Å². The molecule has 1 fully saturated rings. The van der Waals surface area contributed by atoms with Crippen molar-refractivity contribution in [1.82, 2.24) is 10.3 Å². The lowest BCUT2D eigenvalue weighted by Gasteiger charge is -2.23. The fourth-order valence-electron chi connectivity index (χ4n) is 3.13. The van der Waals surface area contributed by atoms with Gasteiger partial charge in [-0.3, -0.25) is 4.79 Å². The molecular weight excluding hydrogens is 318 g/mol. The Kier molecular flexibility index (Phi) is 4.97. The number of aromatic nitrogens is 1. The number of nitrogens with two attached hydrogens (primary N) is 1. The average Bonchev–Trinajstić information content (AvgIpc) is 2.63. The summed E-state index contributed by atoms with van der Waals surface area (Å²) in [6, 6.07) is 8.33. The standard InChI is InChI=1S/C19H21N3O3/c20-17-16(18(23)22-15-4-2-1-3-5-15)10-14(11-21-17)12-6-8-13(9-7-12)19(24)25/h6-11,15H,1-5H2,(H2,20,21)(H,22,23)(H,24,25). The number of amides is 1. The van der Waals surface area contributed by atoms with E-state index >= 15 is 0 Å². The lowest BCUT2D eigenvalue weighted by molar-refractivity contribution is 0.0696. The Morgan fingerprint density at radius 1 is 1.08 bits per heavy atom. The number of carboxylic acids is 1.